The zero-order chi connectivity index (χ0) is 19.2. The van der Waals surface area contributed by atoms with Gasteiger partial charge in [0.05, 0.1) is 18.8 Å². The molecule has 0 fully saturated rings. The van der Waals surface area contributed by atoms with Gasteiger partial charge < -0.3 is 15.5 Å². The molecule has 7 nitrogen and oxygen atoms in total. The maximum Gasteiger partial charge on any atom is 0.241 e. The minimum atomic E-state index is 0. The van der Waals surface area contributed by atoms with Crippen LogP contribution in [0.4, 0.5) is 0 Å². The van der Waals surface area contributed by atoms with E-state index in [0.717, 1.165) is 25.0 Å². The van der Waals surface area contributed by atoms with Gasteiger partial charge in [0.25, 0.3) is 0 Å². The first-order chi connectivity index (χ1) is 13.0. The summed E-state index contributed by atoms with van der Waals surface area (Å²) in [6.45, 7) is 0.721. The molecule has 0 radical (unpaired) electrons. The van der Waals surface area contributed by atoms with E-state index in [0.29, 0.717) is 18.5 Å². The van der Waals surface area contributed by atoms with Gasteiger partial charge in [-0.15, -0.1) is 24.0 Å². The maximum absolute atomic E-state index is 12.0. The molecule has 152 valence electrons. The quantitative estimate of drug-likeness (QED) is 0.376. The van der Waals surface area contributed by atoms with Gasteiger partial charge in [0.1, 0.15) is 0 Å². The highest BCUT2D eigenvalue weighted by Gasteiger charge is 2.19. The normalized spacial score (nSPS) is 16.0. The fraction of sp³-hybridized carbons (Fsp3) is 0.450. The Hall–Kier alpha value is -2.10. The second-order valence-corrected chi connectivity index (χ2v) is 7.11. The Labute approximate surface area is 183 Å². The van der Waals surface area contributed by atoms with E-state index in [1.165, 1.54) is 11.1 Å². The number of carbonyl (C=O) groups excluding carboxylic acids is 1. The number of rotatable bonds is 5. The largest absolute Gasteiger partial charge is 0.353 e. The van der Waals surface area contributed by atoms with E-state index in [1.54, 1.807) is 25.2 Å². The van der Waals surface area contributed by atoms with Crippen molar-refractivity contribution in [2.75, 3.05) is 20.6 Å². The van der Waals surface area contributed by atoms with E-state index in [-0.39, 0.29) is 36.4 Å². The molecule has 1 unspecified atom stereocenters. The highest BCUT2D eigenvalue weighted by atomic mass is 127. The Kier molecular flexibility index (Phi) is 8.28. The van der Waals surface area contributed by atoms with Crippen LogP contribution in [-0.2, 0) is 31.2 Å². The lowest BCUT2D eigenvalue weighted by molar-refractivity contribution is -0.127. The Morgan fingerprint density at radius 3 is 2.71 bits per heavy atom. The van der Waals surface area contributed by atoms with Crippen molar-refractivity contribution in [3.05, 3.63) is 53.3 Å². The number of fused-ring (bicyclic) bond motifs is 1. The smallest absolute Gasteiger partial charge is 0.241 e. The van der Waals surface area contributed by atoms with Crippen molar-refractivity contribution < 1.29 is 4.79 Å². The fourth-order valence-corrected chi connectivity index (χ4v) is 3.20. The Balaban J connectivity index is 0.00000280. The van der Waals surface area contributed by atoms with E-state index in [2.05, 4.69) is 45.0 Å². The molecule has 0 spiro atoms. The minimum Gasteiger partial charge on any atom is -0.353 e. The van der Waals surface area contributed by atoms with Crippen LogP contribution in [0, 0.1) is 0 Å². The van der Waals surface area contributed by atoms with Crippen LogP contribution >= 0.6 is 24.0 Å². The van der Waals surface area contributed by atoms with Gasteiger partial charge in [-0.3, -0.25) is 9.48 Å². The minimum absolute atomic E-state index is 0. The molecule has 28 heavy (non-hydrogen) atoms. The van der Waals surface area contributed by atoms with Crippen LogP contribution in [0.3, 0.4) is 0 Å². The molecule has 2 aromatic rings. The van der Waals surface area contributed by atoms with Crippen molar-refractivity contribution in [1.82, 2.24) is 25.3 Å². The number of amides is 1. The fourth-order valence-electron chi connectivity index (χ4n) is 3.20. The second kappa shape index (κ2) is 10.4. The van der Waals surface area contributed by atoms with Crippen LogP contribution in [0.15, 0.2) is 41.5 Å². The molecule has 0 saturated carbocycles. The average Bonchev–Trinajstić information content (AvgIpc) is 3.08. The molecule has 1 aliphatic rings. The molecular weight excluding hydrogens is 467 g/mol. The summed E-state index contributed by atoms with van der Waals surface area (Å²) >= 11 is 0. The summed E-state index contributed by atoms with van der Waals surface area (Å²) in [6.07, 6.45) is 4.83. The zero-order valence-corrected chi connectivity index (χ0v) is 19.0. The molecule has 3 rings (SSSR count). The number of aryl methyl sites for hydroxylation is 2. The van der Waals surface area contributed by atoms with Crippen molar-refractivity contribution in [2.45, 2.75) is 31.8 Å². The lowest BCUT2D eigenvalue weighted by atomic mass is 9.88. The van der Waals surface area contributed by atoms with Gasteiger partial charge in [-0.25, -0.2) is 4.99 Å². The van der Waals surface area contributed by atoms with Crippen LogP contribution in [-0.4, -0.2) is 53.2 Å². The molecule has 1 amide bonds. The van der Waals surface area contributed by atoms with E-state index in [9.17, 15) is 4.79 Å². The van der Waals surface area contributed by atoms with Crippen molar-refractivity contribution in [3.63, 3.8) is 0 Å². The zero-order valence-electron chi connectivity index (χ0n) is 16.7. The van der Waals surface area contributed by atoms with Gasteiger partial charge in [0, 0.05) is 33.4 Å². The topological polar surface area (TPSA) is 74.5 Å². The van der Waals surface area contributed by atoms with Crippen LogP contribution in [0.2, 0.25) is 0 Å². The van der Waals surface area contributed by atoms with Gasteiger partial charge >= 0.3 is 0 Å². The molecular formula is C20H29IN6O. The van der Waals surface area contributed by atoms with E-state index in [1.807, 2.05) is 17.8 Å². The molecule has 0 aliphatic heterocycles. The number of hydrogen-bond donors (Lipinski definition) is 2. The third-order valence-corrected chi connectivity index (χ3v) is 4.92. The molecule has 1 atom stereocenters. The van der Waals surface area contributed by atoms with Crippen LogP contribution < -0.4 is 10.6 Å². The van der Waals surface area contributed by atoms with Crippen molar-refractivity contribution >= 4 is 35.8 Å². The Bertz CT molecular complexity index is 817. The second-order valence-electron chi connectivity index (χ2n) is 7.11. The molecule has 2 N–H and O–H groups in total. The van der Waals surface area contributed by atoms with Gasteiger partial charge in [-0.2, -0.15) is 5.10 Å². The summed E-state index contributed by atoms with van der Waals surface area (Å²) in [5.41, 5.74) is 3.83. The number of aliphatic imine (C=N–C) groups is 1. The predicted octanol–water partition coefficient (Wildman–Crippen LogP) is 1.72. The monoisotopic (exact) mass is 496 g/mol. The first kappa shape index (κ1) is 22.2. The maximum atomic E-state index is 12.0. The highest BCUT2D eigenvalue weighted by molar-refractivity contribution is 14.0. The van der Waals surface area contributed by atoms with Crippen molar-refractivity contribution in [2.24, 2.45) is 12.0 Å². The van der Waals surface area contributed by atoms with Gasteiger partial charge in [0.2, 0.25) is 5.91 Å². The number of guanidine groups is 1. The van der Waals surface area contributed by atoms with Gasteiger partial charge in [0.15, 0.2) is 5.96 Å². The molecule has 8 heteroatoms. The summed E-state index contributed by atoms with van der Waals surface area (Å²) in [4.78, 5) is 18.2. The van der Waals surface area contributed by atoms with Gasteiger partial charge in [-0.05, 0) is 36.5 Å². The Morgan fingerprint density at radius 1 is 1.29 bits per heavy atom. The van der Waals surface area contributed by atoms with Crippen LogP contribution in [0.1, 0.15) is 23.2 Å². The third-order valence-electron chi connectivity index (χ3n) is 4.92. The lowest BCUT2D eigenvalue weighted by Gasteiger charge is -2.27. The number of carbonyl (C=O) groups is 1. The van der Waals surface area contributed by atoms with E-state index < -0.39 is 0 Å². The van der Waals surface area contributed by atoms with Crippen LogP contribution in [0.25, 0.3) is 0 Å². The number of hydrogen-bond acceptors (Lipinski definition) is 3. The van der Waals surface area contributed by atoms with E-state index in [4.69, 9.17) is 0 Å². The molecule has 1 heterocycles. The molecule has 1 aromatic carbocycles. The highest BCUT2D eigenvalue weighted by Crippen LogP contribution is 2.20. The Morgan fingerprint density at radius 2 is 2.04 bits per heavy atom. The molecule has 0 saturated heterocycles. The molecule has 1 aromatic heterocycles. The summed E-state index contributed by atoms with van der Waals surface area (Å²) in [5, 5.41) is 10.9. The average molecular weight is 496 g/mol. The molecule has 0 bridgehead atoms. The van der Waals surface area contributed by atoms with Crippen molar-refractivity contribution in [1.29, 1.82) is 0 Å². The number of likely N-dealkylation sites (N-methyl/N-ethyl adjacent to an activating group) is 1. The number of halogens is 1. The van der Waals surface area contributed by atoms with Gasteiger partial charge in [-0.1, -0.05) is 24.3 Å². The summed E-state index contributed by atoms with van der Waals surface area (Å²) in [5.74, 6) is 0.676. The SMILES string of the molecule is CN(C)C(=O)CNC(=NCc1ccnn1C)NC1CCc2ccccc2C1.I. The first-order valence-electron chi connectivity index (χ1n) is 9.31. The number of benzene rings is 1. The van der Waals surface area contributed by atoms with E-state index >= 15 is 0 Å². The number of aromatic nitrogens is 2. The summed E-state index contributed by atoms with van der Waals surface area (Å²) in [6, 6.07) is 10.8. The standard InChI is InChI=1S/C20H28N6O.HI/c1-25(2)19(27)14-22-20(21-13-18-10-11-23-26(18)3)24-17-9-8-15-6-4-5-7-16(15)12-17;/h4-7,10-11,17H,8-9,12-14H2,1-3H3,(H2,21,22,24);1H. The third kappa shape index (κ3) is 5.95. The lowest BCUT2D eigenvalue weighted by Crippen LogP contribution is -2.48. The predicted molar refractivity (Wildman–Crippen MR) is 122 cm³/mol. The number of nitrogens with zero attached hydrogens (tertiary/aromatic N) is 4. The molecule has 1 aliphatic carbocycles. The van der Waals surface area contributed by atoms with Crippen molar-refractivity contribution in [3.8, 4) is 0 Å². The first-order valence-corrected chi connectivity index (χ1v) is 9.31. The summed E-state index contributed by atoms with van der Waals surface area (Å²) < 4.78 is 1.81. The van der Waals surface area contributed by atoms with Crippen LogP contribution in [0.5, 0.6) is 0 Å². The summed E-state index contributed by atoms with van der Waals surface area (Å²) in [7, 11) is 5.41. The number of nitrogens with one attached hydrogen (secondary N) is 2.